The lowest BCUT2D eigenvalue weighted by Crippen LogP contribution is -2.43. The molecule has 1 aliphatic heterocycles. The van der Waals surface area contributed by atoms with Gasteiger partial charge in [0.05, 0.1) is 23.9 Å². The lowest BCUT2D eigenvalue weighted by molar-refractivity contribution is -0.131. The monoisotopic (exact) mass is 436 g/mol. The molecule has 0 aromatic heterocycles. The largest absolute Gasteiger partial charge is 0.385 e. The molecule has 1 aromatic rings. The van der Waals surface area contributed by atoms with Gasteiger partial charge < -0.3 is 10.0 Å². The smallest absolute Gasteiger partial charge is 0.244 e. The van der Waals surface area contributed by atoms with E-state index in [2.05, 4.69) is 4.90 Å². The number of hydrogen-bond donors (Lipinski definition) is 1. The van der Waals surface area contributed by atoms with Gasteiger partial charge >= 0.3 is 0 Å². The standard InChI is InChI=1S/C19H26Cl2N2O3.ClH/c1-15(24)13-18(25)23(21)14-17(20)7-10-22-11-8-19(26,9-12-22)16-5-3-2-4-6-16;/h2-6,17,26H,7-14H2,1H3;1H. The maximum atomic E-state index is 11.7. The van der Waals surface area contributed by atoms with Crippen molar-refractivity contribution in [2.75, 3.05) is 26.2 Å². The van der Waals surface area contributed by atoms with Gasteiger partial charge in [0.1, 0.15) is 5.78 Å². The summed E-state index contributed by atoms with van der Waals surface area (Å²) in [5.41, 5.74) is 0.209. The highest BCUT2D eigenvalue weighted by Gasteiger charge is 2.33. The molecule has 0 aliphatic carbocycles. The summed E-state index contributed by atoms with van der Waals surface area (Å²) in [6.07, 6.45) is 1.85. The molecule has 0 bridgehead atoms. The van der Waals surface area contributed by atoms with Crippen LogP contribution in [0.3, 0.4) is 0 Å². The van der Waals surface area contributed by atoms with Crippen molar-refractivity contribution >= 4 is 47.5 Å². The summed E-state index contributed by atoms with van der Waals surface area (Å²) in [6, 6.07) is 9.78. The zero-order valence-corrected chi connectivity index (χ0v) is 17.8. The maximum Gasteiger partial charge on any atom is 0.244 e. The van der Waals surface area contributed by atoms with Gasteiger partial charge in [-0.2, -0.15) is 0 Å². The zero-order valence-electron chi connectivity index (χ0n) is 15.4. The zero-order chi connectivity index (χ0) is 19.2. The third-order valence-electron chi connectivity index (χ3n) is 4.78. The number of likely N-dealkylation sites (tertiary alicyclic amines) is 1. The first-order valence-corrected chi connectivity index (χ1v) is 9.67. The molecule has 1 atom stereocenters. The minimum absolute atomic E-state index is 0. The molecule has 1 saturated heterocycles. The van der Waals surface area contributed by atoms with E-state index in [1.165, 1.54) is 6.92 Å². The molecule has 0 saturated carbocycles. The topological polar surface area (TPSA) is 60.9 Å². The van der Waals surface area contributed by atoms with Crippen LogP contribution in [0.1, 0.15) is 38.2 Å². The first-order valence-electron chi connectivity index (χ1n) is 8.90. The maximum absolute atomic E-state index is 11.7. The Labute approximate surface area is 177 Å². The van der Waals surface area contributed by atoms with Gasteiger partial charge in [-0.3, -0.25) is 14.0 Å². The van der Waals surface area contributed by atoms with Gasteiger partial charge in [0.25, 0.3) is 0 Å². The Kier molecular flexibility index (Phi) is 10.1. The van der Waals surface area contributed by atoms with Crippen LogP contribution in [0.15, 0.2) is 30.3 Å². The van der Waals surface area contributed by atoms with E-state index >= 15 is 0 Å². The fraction of sp³-hybridized carbons (Fsp3) is 0.579. The van der Waals surface area contributed by atoms with Crippen molar-refractivity contribution in [3.63, 3.8) is 0 Å². The van der Waals surface area contributed by atoms with Crippen LogP contribution >= 0.6 is 35.8 Å². The third kappa shape index (κ3) is 7.59. The number of benzene rings is 1. The SMILES string of the molecule is CC(=O)CC(=O)N(Cl)CC(Cl)CCN1CCC(O)(c2ccccc2)CC1.Cl. The van der Waals surface area contributed by atoms with E-state index in [4.69, 9.17) is 23.4 Å². The normalized spacial score (nSPS) is 17.6. The molecule has 1 aliphatic rings. The summed E-state index contributed by atoms with van der Waals surface area (Å²) >= 11 is 12.2. The van der Waals surface area contributed by atoms with Crippen LogP contribution in [0.2, 0.25) is 0 Å². The summed E-state index contributed by atoms with van der Waals surface area (Å²) in [4.78, 5) is 24.9. The van der Waals surface area contributed by atoms with Crippen LogP contribution in [0.25, 0.3) is 0 Å². The van der Waals surface area contributed by atoms with Crippen LogP contribution in [0, 0.1) is 0 Å². The number of alkyl halides is 1. The molecular weight excluding hydrogens is 411 g/mol. The van der Waals surface area contributed by atoms with Crippen molar-refractivity contribution in [2.45, 2.75) is 43.6 Å². The predicted octanol–water partition coefficient (Wildman–Crippen LogP) is 3.35. The molecule has 1 amide bonds. The van der Waals surface area contributed by atoms with Crippen molar-refractivity contribution in [2.24, 2.45) is 0 Å². The molecule has 0 spiro atoms. The Balaban J connectivity index is 0.00000364. The Hall–Kier alpha value is -0.850. The Morgan fingerprint density at radius 1 is 1.26 bits per heavy atom. The molecule has 5 nitrogen and oxygen atoms in total. The van der Waals surface area contributed by atoms with Crippen LogP contribution < -0.4 is 0 Å². The average molecular weight is 438 g/mol. The fourth-order valence-corrected chi connectivity index (χ4v) is 3.70. The van der Waals surface area contributed by atoms with Crippen LogP contribution in [0.5, 0.6) is 0 Å². The molecule has 8 heteroatoms. The summed E-state index contributed by atoms with van der Waals surface area (Å²) in [7, 11) is 0. The number of hydrogen-bond acceptors (Lipinski definition) is 4. The number of piperidine rings is 1. The average Bonchev–Trinajstić information content (AvgIpc) is 2.61. The predicted molar refractivity (Wildman–Crippen MR) is 110 cm³/mol. The van der Waals surface area contributed by atoms with Crippen molar-refractivity contribution in [3.8, 4) is 0 Å². The van der Waals surface area contributed by atoms with Gasteiger partial charge in [-0.15, -0.1) is 24.0 Å². The molecule has 2 rings (SSSR count). The third-order valence-corrected chi connectivity index (χ3v) is 5.46. The van der Waals surface area contributed by atoms with E-state index in [1.54, 1.807) is 0 Å². The van der Waals surface area contributed by atoms with Crippen molar-refractivity contribution in [1.82, 2.24) is 9.32 Å². The second-order valence-corrected chi connectivity index (χ2v) is 7.97. The second kappa shape index (κ2) is 11.2. The van der Waals surface area contributed by atoms with E-state index in [1.807, 2.05) is 30.3 Å². The van der Waals surface area contributed by atoms with Crippen molar-refractivity contribution in [1.29, 1.82) is 0 Å². The number of carbonyl (C=O) groups excluding carboxylic acids is 2. The Morgan fingerprint density at radius 3 is 2.41 bits per heavy atom. The Bertz CT molecular complexity index is 607. The number of rotatable bonds is 8. The number of carbonyl (C=O) groups is 2. The molecule has 0 radical (unpaired) electrons. The lowest BCUT2D eigenvalue weighted by Gasteiger charge is -2.38. The van der Waals surface area contributed by atoms with E-state index in [0.29, 0.717) is 19.3 Å². The molecule has 27 heavy (non-hydrogen) atoms. The number of ketones is 1. The van der Waals surface area contributed by atoms with Gasteiger partial charge in [-0.05, 0) is 38.3 Å². The summed E-state index contributed by atoms with van der Waals surface area (Å²) in [5.74, 6) is -0.637. The molecule has 1 fully saturated rings. The second-order valence-electron chi connectivity index (χ2n) is 6.94. The summed E-state index contributed by atoms with van der Waals surface area (Å²) in [5, 5.41) is 10.6. The molecular formula is C19H27Cl3N2O3. The molecule has 1 aromatic carbocycles. The number of amides is 1. The summed E-state index contributed by atoms with van der Waals surface area (Å²) in [6.45, 7) is 3.93. The molecule has 1 unspecified atom stereocenters. The van der Waals surface area contributed by atoms with E-state index in [-0.39, 0.29) is 36.5 Å². The Morgan fingerprint density at radius 2 is 1.85 bits per heavy atom. The highest BCUT2D eigenvalue weighted by molar-refractivity contribution is 6.25. The minimum atomic E-state index is -0.760. The van der Waals surface area contributed by atoms with E-state index in [0.717, 1.165) is 29.6 Å². The van der Waals surface area contributed by atoms with Crippen LogP contribution in [0.4, 0.5) is 0 Å². The number of halogens is 3. The molecule has 152 valence electrons. The van der Waals surface area contributed by atoms with E-state index in [9.17, 15) is 14.7 Å². The quantitative estimate of drug-likeness (QED) is 0.385. The number of nitrogens with zero attached hydrogens (tertiary/aromatic N) is 2. The molecule has 1 heterocycles. The van der Waals surface area contributed by atoms with Crippen molar-refractivity contribution in [3.05, 3.63) is 35.9 Å². The van der Waals surface area contributed by atoms with Gasteiger partial charge in [-0.1, -0.05) is 30.3 Å². The van der Waals surface area contributed by atoms with Gasteiger partial charge in [-0.25, -0.2) is 0 Å². The van der Waals surface area contributed by atoms with Gasteiger partial charge in [0.15, 0.2) is 0 Å². The summed E-state index contributed by atoms with van der Waals surface area (Å²) < 4.78 is 1.00. The first-order chi connectivity index (χ1) is 12.3. The van der Waals surface area contributed by atoms with Gasteiger partial charge in [0.2, 0.25) is 5.91 Å². The van der Waals surface area contributed by atoms with Gasteiger partial charge in [0, 0.05) is 24.9 Å². The lowest BCUT2D eigenvalue weighted by atomic mass is 9.84. The highest BCUT2D eigenvalue weighted by Crippen LogP contribution is 2.32. The minimum Gasteiger partial charge on any atom is -0.385 e. The van der Waals surface area contributed by atoms with Crippen molar-refractivity contribution < 1.29 is 14.7 Å². The highest BCUT2D eigenvalue weighted by atomic mass is 35.5. The van der Waals surface area contributed by atoms with E-state index < -0.39 is 11.5 Å². The van der Waals surface area contributed by atoms with Crippen LogP contribution in [-0.2, 0) is 15.2 Å². The first kappa shape index (κ1) is 24.2. The van der Waals surface area contributed by atoms with Crippen LogP contribution in [-0.4, -0.2) is 57.7 Å². The fourth-order valence-electron chi connectivity index (χ4n) is 3.17. The molecule has 1 N–H and O–H groups in total. The number of Topliss-reactive ketones (excluding diaryl/α,β-unsaturated/α-hetero) is 1. The number of aliphatic hydroxyl groups is 1.